The molecule has 2 aromatic rings. The van der Waals surface area contributed by atoms with Crippen molar-refractivity contribution >= 4 is 40.9 Å². The number of nitrogens with one attached hydrogen (secondary N) is 1. The molecular weight excluding hydrogens is 348 g/mol. The number of rotatable bonds is 5. The zero-order valence-electron chi connectivity index (χ0n) is 13.4. The van der Waals surface area contributed by atoms with E-state index in [-0.39, 0.29) is 5.91 Å². The number of aryl methyl sites for hydroxylation is 2. The number of hydrogen-bond acceptors (Lipinski definition) is 4. The van der Waals surface area contributed by atoms with Crippen molar-refractivity contribution in [2.75, 3.05) is 0 Å². The molecular formula is C15H17ClN6OS. The van der Waals surface area contributed by atoms with E-state index in [1.165, 1.54) is 4.90 Å². The van der Waals surface area contributed by atoms with Gasteiger partial charge in [-0.3, -0.25) is 19.1 Å². The molecule has 1 amide bonds. The van der Waals surface area contributed by atoms with Crippen LogP contribution in [0.25, 0.3) is 6.08 Å². The van der Waals surface area contributed by atoms with E-state index >= 15 is 0 Å². The molecule has 2 aromatic heterocycles. The summed E-state index contributed by atoms with van der Waals surface area (Å²) in [6.45, 7) is 5.78. The summed E-state index contributed by atoms with van der Waals surface area (Å²) in [6.07, 6.45) is 6.89. The summed E-state index contributed by atoms with van der Waals surface area (Å²) in [5.41, 5.74) is 1.99. The van der Waals surface area contributed by atoms with Crippen molar-refractivity contribution in [2.24, 2.45) is 0 Å². The summed E-state index contributed by atoms with van der Waals surface area (Å²) >= 11 is 11.4. The van der Waals surface area contributed by atoms with Crippen LogP contribution in [-0.4, -0.2) is 35.5 Å². The summed E-state index contributed by atoms with van der Waals surface area (Å²) in [6, 6.07) is 0. The molecule has 1 N–H and O–H groups in total. The fourth-order valence-electron chi connectivity index (χ4n) is 2.46. The Morgan fingerprint density at radius 2 is 2.08 bits per heavy atom. The number of amides is 1. The second-order valence-electron chi connectivity index (χ2n) is 5.28. The quantitative estimate of drug-likeness (QED) is 0.649. The molecule has 0 atom stereocenters. The number of aromatic nitrogens is 4. The van der Waals surface area contributed by atoms with Crippen LogP contribution in [0.4, 0.5) is 0 Å². The molecule has 126 valence electrons. The van der Waals surface area contributed by atoms with E-state index in [0.29, 0.717) is 34.6 Å². The maximum absolute atomic E-state index is 12.6. The van der Waals surface area contributed by atoms with Crippen LogP contribution < -0.4 is 5.32 Å². The zero-order chi connectivity index (χ0) is 17.3. The third-order valence-electron chi connectivity index (χ3n) is 3.73. The van der Waals surface area contributed by atoms with Gasteiger partial charge in [0.15, 0.2) is 5.11 Å². The lowest BCUT2D eigenvalue weighted by Crippen LogP contribution is -2.29. The Labute approximate surface area is 149 Å². The Hall–Kier alpha value is -2.19. The Balaban J connectivity index is 1.83. The lowest BCUT2D eigenvalue weighted by atomic mass is 10.3. The van der Waals surface area contributed by atoms with E-state index in [4.69, 9.17) is 23.8 Å². The van der Waals surface area contributed by atoms with Crippen molar-refractivity contribution in [3.63, 3.8) is 0 Å². The molecule has 0 radical (unpaired) electrons. The molecule has 0 aliphatic carbocycles. The second kappa shape index (κ2) is 6.74. The Bertz CT molecular complexity index is 824. The smallest absolute Gasteiger partial charge is 0.276 e. The molecule has 7 nitrogen and oxygen atoms in total. The van der Waals surface area contributed by atoms with E-state index in [2.05, 4.69) is 15.5 Å². The number of nitrogens with zero attached hydrogens (tertiary/aromatic N) is 5. The van der Waals surface area contributed by atoms with E-state index < -0.39 is 0 Å². The van der Waals surface area contributed by atoms with E-state index in [1.807, 2.05) is 24.7 Å². The van der Waals surface area contributed by atoms with Gasteiger partial charge >= 0.3 is 0 Å². The van der Waals surface area contributed by atoms with E-state index in [1.54, 1.807) is 23.2 Å². The lowest BCUT2D eigenvalue weighted by molar-refractivity contribution is -0.122. The van der Waals surface area contributed by atoms with Crippen molar-refractivity contribution < 1.29 is 4.79 Å². The molecule has 3 heterocycles. The highest BCUT2D eigenvalue weighted by Crippen LogP contribution is 2.21. The normalized spacial score (nSPS) is 16.3. The van der Waals surface area contributed by atoms with Crippen molar-refractivity contribution in [3.8, 4) is 0 Å². The van der Waals surface area contributed by atoms with Gasteiger partial charge in [-0.2, -0.15) is 10.2 Å². The van der Waals surface area contributed by atoms with Gasteiger partial charge in [-0.1, -0.05) is 11.6 Å². The van der Waals surface area contributed by atoms with Crippen LogP contribution in [0.1, 0.15) is 25.1 Å². The minimum absolute atomic E-state index is 0.191. The van der Waals surface area contributed by atoms with Crippen LogP contribution in [0.2, 0.25) is 5.02 Å². The first-order valence-electron chi connectivity index (χ1n) is 7.60. The third-order valence-corrected chi connectivity index (χ3v) is 4.34. The second-order valence-corrected chi connectivity index (χ2v) is 6.07. The summed E-state index contributed by atoms with van der Waals surface area (Å²) in [7, 11) is 0. The van der Waals surface area contributed by atoms with Gasteiger partial charge in [-0.25, -0.2) is 0 Å². The predicted molar refractivity (Wildman–Crippen MR) is 95.1 cm³/mol. The minimum Gasteiger partial charge on any atom is -0.328 e. The SMILES string of the molecule is CCn1cc(CN2C(=O)/C(=C\c3c(Cl)cnn3CC)NC2=S)cn1. The number of carbonyl (C=O) groups is 1. The van der Waals surface area contributed by atoms with Gasteiger partial charge in [0.05, 0.1) is 29.7 Å². The van der Waals surface area contributed by atoms with Gasteiger partial charge in [0.2, 0.25) is 0 Å². The van der Waals surface area contributed by atoms with Crippen LogP contribution in [0.5, 0.6) is 0 Å². The highest BCUT2D eigenvalue weighted by atomic mass is 35.5. The van der Waals surface area contributed by atoms with Gasteiger partial charge in [-0.15, -0.1) is 0 Å². The van der Waals surface area contributed by atoms with Gasteiger partial charge < -0.3 is 5.32 Å². The number of halogens is 1. The first kappa shape index (κ1) is 16.7. The topological polar surface area (TPSA) is 68.0 Å². The van der Waals surface area contributed by atoms with Crippen molar-refractivity contribution in [1.29, 1.82) is 0 Å². The molecule has 1 fully saturated rings. The van der Waals surface area contributed by atoms with E-state index in [9.17, 15) is 4.79 Å². The fourth-order valence-corrected chi connectivity index (χ4v) is 2.92. The van der Waals surface area contributed by atoms with Crippen LogP contribution in [0, 0.1) is 0 Å². The highest BCUT2D eigenvalue weighted by Gasteiger charge is 2.31. The molecule has 1 saturated heterocycles. The van der Waals surface area contributed by atoms with Crippen LogP contribution in [0.15, 0.2) is 24.3 Å². The maximum atomic E-state index is 12.6. The molecule has 1 aliphatic heterocycles. The summed E-state index contributed by atoms with van der Waals surface area (Å²) in [5.74, 6) is -0.191. The summed E-state index contributed by atoms with van der Waals surface area (Å²) < 4.78 is 3.53. The molecule has 0 saturated carbocycles. The Morgan fingerprint density at radius 3 is 2.75 bits per heavy atom. The summed E-state index contributed by atoms with van der Waals surface area (Å²) in [5, 5.41) is 12.2. The van der Waals surface area contributed by atoms with Gasteiger partial charge in [-0.05, 0) is 32.1 Å². The molecule has 24 heavy (non-hydrogen) atoms. The molecule has 0 aromatic carbocycles. The van der Waals surface area contributed by atoms with Crippen LogP contribution in [-0.2, 0) is 24.4 Å². The monoisotopic (exact) mass is 364 g/mol. The number of carbonyl (C=O) groups excluding carboxylic acids is 1. The van der Waals surface area contributed by atoms with Gasteiger partial charge in [0, 0.05) is 24.8 Å². The molecule has 9 heteroatoms. The number of hydrogen-bond donors (Lipinski definition) is 1. The maximum Gasteiger partial charge on any atom is 0.276 e. The lowest BCUT2D eigenvalue weighted by Gasteiger charge is -2.12. The minimum atomic E-state index is -0.191. The molecule has 0 unspecified atom stereocenters. The highest BCUT2D eigenvalue weighted by molar-refractivity contribution is 7.80. The van der Waals surface area contributed by atoms with Crippen molar-refractivity contribution in [3.05, 3.63) is 40.6 Å². The largest absolute Gasteiger partial charge is 0.328 e. The first-order valence-corrected chi connectivity index (χ1v) is 8.39. The first-order chi connectivity index (χ1) is 11.5. The van der Waals surface area contributed by atoms with E-state index in [0.717, 1.165) is 12.1 Å². The third kappa shape index (κ3) is 3.07. The Morgan fingerprint density at radius 1 is 1.29 bits per heavy atom. The van der Waals surface area contributed by atoms with Crippen molar-refractivity contribution in [1.82, 2.24) is 29.8 Å². The van der Waals surface area contributed by atoms with Gasteiger partial charge in [0.1, 0.15) is 5.70 Å². The predicted octanol–water partition coefficient (Wildman–Crippen LogP) is 2.03. The molecule has 3 rings (SSSR count). The number of thiocarbonyl (C=S) groups is 1. The standard InChI is InChI=1S/C15H17ClN6OS/c1-3-20-8-10(6-17-20)9-21-14(23)12(19-15(21)24)5-13-11(16)7-18-22(13)4-2/h5-8H,3-4,9H2,1-2H3,(H,19,24)/b12-5+. The van der Waals surface area contributed by atoms with Crippen molar-refractivity contribution in [2.45, 2.75) is 33.5 Å². The molecule has 0 bridgehead atoms. The Kier molecular flexibility index (Phi) is 4.68. The fraction of sp³-hybridized carbons (Fsp3) is 0.333. The molecule has 1 aliphatic rings. The zero-order valence-corrected chi connectivity index (χ0v) is 14.9. The summed E-state index contributed by atoms with van der Waals surface area (Å²) in [4.78, 5) is 14.2. The van der Waals surface area contributed by atoms with Crippen LogP contribution in [0.3, 0.4) is 0 Å². The average molecular weight is 365 g/mol. The van der Waals surface area contributed by atoms with Gasteiger partial charge in [0.25, 0.3) is 5.91 Å². The average Bonchev–Trinajstić information content (AvgIpc) is 3.24. The molecule has 0 spiro atoms. The van der Waals surface area contributed by atoms with Crippen LogP contribution >= 0.6 is 23.8 Å².